The minimum absolute atomic E-state index is 0.197. The molecule has 29 heavy (non-hydrogen) atoms. The second kappa shape index (κ2) is 7.69. The smallest absolute Gasteiger partial charge is 0.210 e. The van der Waals surface area contributed by atoms with Crippen molar-refractivity contribution in [2.24, 2.45) is 0 Å². The van der Waals surface area contributed by atoms with Crippen LogP contribution in [0.2, 0.25) is 0 Å². The first-order chi connectivity index (χ1) is 13.4. The van der Waals surface area contributed by atoms with E-state index in [1.54, 1.807) is 0 Å². The summed E-state index contributed by atoms with van der Waals surface area (Å²) >= 11 is 0. The van der Waals surface area contributed by atoms with Gasteiger partial charge in [0.2, 0.25) is 0 Å². The summed E-state index contributed by atoms with van der Waals surface area (Å²) in [6, 6.07) is 23.9. The van der Waals surface area contributed by atoms with E-state index in [9.17, 15) is 9.79 Å². The molecular weight excluding hydrogens is 375 g/mol. The van der Waals surface area contributed by atoms with E-state index in [1.165, 1.54) is 0 Å². The van der Waals surface area contributed by atoms with Gasteiger partial charge in [-0.2, -0.15) is 0 Å². The van der Waals surface area contributed by atoms with Crippen LogP contribution >= 0.6 is 7.72 Å². The molecule has 0 aromatic heterocycles. The van der Waals surface area contributed by atoms with E-state index in [0.29, 0.717) is 10.6 Å². The Morgan fingerprint density at radius 1 is 0.552 bits per heavy atom. The van der Waals surface area contributed by atoms with E-state index >= 15 is 0 Å². The second-order valence-electron chi connectivity index (χ2n) is 9.72. The van der Waals surface area contributed by atoms with Crippen molar-refractivity contribution >= 4 is 18.3 Å². The van der Waals surface area contributed by atoms with E-state index in [1.807, 2.05) is 60.7 Å². The van der Waals surface area contributed by atoms with Crippen LogP contribution in [0, 0.1) is 0 Å². The van der Waals surface area contributed by atoms with Gasteiger partial charge in [0, 0.05) is 11.1 Å². The Morgan fingerprint density at radius 2 is 1.00 bits per heavy atom. The van der Waals surface area contributed by atoms with Crippen LogP contribution < -0.4 is 10.6 Å². The minimum atomic E-state index is -3.53. The van der Waals surface area contributed by atoms with Gasteiger partial charge in [-0.05, 0) is 34.1 Å². The lowest BCUT2D eigenvalue weighted by Crippen LogP contribution is -2.35. The van der Waals surface area contributed by atoms with Crippen LogP contribution in [-0.4, -0.2) is 9.79 Å². The molecule has 0 aliphatic heterocycles. The quantitative estimate of drug-likeness (QED) is 0.544. The van der Waals surface area contributed by atoms with Gasteiger partial charge < -0.3 is 0 Å². The number of benzene rings is 3. The Balaban J connectivity index is 2.16. The highest BCUT2D eigenvalue weighted by molar-refractivity contribution is 7.79. The van der Waals surface area contributed by atoms with E-state index in [4.69, 9.17) is 0 Å². The fourth-order valence-corrected chi connectivity index (χ4v) is 6.03. The minimum Gasteiger partial charge on any atom is -0.210 e. The van der Waals surface area contributed by atoms with Crippen LogP contribution in [0.5, 0.6) is 0 Å². The predicted octanol–water partition coefficient (Wildman–Crippen LogP) is 5.73. The second-order valence-corrected chi connectivity index (χ2v) is 11.9. The van der Waals surface area contributed by atoms with E-state index < -0.39 is 7.72 Å². The molecule has 0 aliphatic rings. The summed E-state index contributed by atoms with van der Waals surface area (Å²) in [6.07, 6.45) is 0. The first-order valence-corrected chi connectivity index (χ1v) is 11.8. The molecule has 2 nitrogen and oxygen atoms in total. The summed E-state index contributed by atoms with van der Waals surface area (Å²) in [4.78, 5) is 23.1. The first-order valence-electron chi connectivity index (χ1n) is 10.1. The number of hydrogen-bond acceptors (Lipinski definition) is 2. The molecule has 0 fully saturated rings. The van der Waals surface area contributed by atoms with Crippen molar-refractivity contribution in [2.45, 2.75) is 52.4 Å². The van der Waals surface area contributed by atoms with Crippen molar-refractivity contribution in [1.82, 2.24) is 0 Å². The van der Waals surface area contributed by atoms with Crippen LogP contribution in [0.4, 0.5) is 0 Å². The monoisotopic (exact) mass is 407 g/mol. The third-order valence-corrected chi connectivity index (χ3v) is 7.42. The van der Waals surface area contributed by atoms with Gasteiger partial charge in [-0.15, -0.1) is 0 Å². The van der Waals surface area contributed by atoms with Gasteiger partial charge in [-0.1, -0.05) is 102 Å². The van der Waals surface area contributed by atoms with E-state index in [0.717, 1.165) is 22.3 Å². The Morgan fingerprint density at radius 3 is 1.45 bits per heavy atom. The Hall–Kier alpha value is -1.99. The summed E-state index contributed by atoms with van der Waals surface area (Å²) in [6.45, 7) is 12.7. The van der Waals surface area contributed by atoms with Gasteiger partial charge in [-0.25, -0.2) is 9.79 Å². The predicted molar refractivity (Wildman–Crippen MR) is 126 cm³/mol. The summed E-state index contributed by atoms with van der Waals surface area (Å²) in [5, 5.41) is 1.28. The third-order valence-electron chi connectivity index (χ3n) is 5.30. The molecule has 3 rings (SSSR count). The molecule has 0 saturated heterocycles. The SMILES string of the molecule is CC(C)(C)c1cccc(C(C)(C)C)c1[P+](O)(O)c1ccc(-c2ccccc2)cc1. The van der Waals surface area contributed by atoms with Crippen LogP contribution in [0.3, 0.4) is 0 Å². The summed E-state index contributed by atoms with van der Waals surface area (Å²) in [7, 11) is -3.53. The molecule has 2 N–H and O–H groups in total. The van der Waals surface area contributed by atoms with E-state index in [2.05, 4.69) is 53.7 Å². The fraction of sp³-hybridized carbons (Fsp3) is 0.308. The molecule has 0 amide bonds. The molecule has 0 unspecified atom stereocenters. The van der Waals surface area contributed by atoms with E-state index in [-0.39, 0.29) is 10.8 Å². The summed E-state index contributed by atoms with van der Waals surface area (Å²) < 4.78 is 0. The van der Waals surface area contributed by atoms with Gasteiger partial charge in [0.05, 0.1) is 0 Å². The van der Waals surface area contributed by atoms with Gasteiger partial charge in [-0.3, -0.25) is 0 Å². The Labute approximate surface area is 175 Å². The van der Waals surface area contributed by atoms with Crippen molar-refractivity contribution in [3.63, 3.8) is 0 Å². The molecule has 0 aliphatic carbocycles. The highest BCUT2D eigenvalue weighted by atomic mass is 31.2. The molecule has 0 heterocycles. The maximum Gasteiger partial charge on any atom is 0.333 e. The molecule has 152 valence electrons. The Kier molecular flexibility index (Phi) is 5.75. The van der Waals surface area contributed by atoms with Gasteiger partial charge in [0.1, 0.15) is 0 Å². The average Bonchev–Trinajstić information content (AvgIpc) is 2.67. The van der Waals surface area contributed by atoms with Crippen molar-refractivity contribution in [2.75, 3.05) is 0 Å². The third kappa shape index (κ3) is 4.46. The van der Waals surface area contributed by atoms with Crippen molar-refractivity contribution < 1.29 is 9.79 Å². The summed E-state index contributed by atoms with van der Waals surface area (Å²) in [5.41, 5.74) is 3.78. The Bertz CT molecular complexity index is 944. The highest BCUT2D eigenvalue weighted by Gasteiger charge is 2.47. The summed E-state index contributed by atoms with van der Waals surface area (Å²) in [5.74, 6) is 0. The molecule has 3 aromatic rings. The normalized spacial score (nSPS) is 12.8. The van der Waals surface area contributed by atoms with Crippen LogP contribution in [0.25, 0.3) is 11.1 Å². The topological polar surface area (TPSA) is 40.5 Å². The molecule has 3 heteroatoms. The standard InChI is InChI=1S/C26H32O2P/c1-25(2,3)22-13-10-14-23(26(4,5)6)24(22)29(27,28)21-17-15-20(16-18-21)19-11-8-7-9-12-19/h7-18,27-28H,1-6H3/q+1. The van der Waals surface area contributed by atoms with Gasteiger partial charge in [0.25, 0.3) is 0 Å². The molecule has 0 spiro atoms. The zero-order valence-electron chi connectivity index (χ0n) is 18.3. The maximum absolute atomic E-state index is 11.6. The molecule has 0 saturated carbocycles. The first kappa shape index (κ1) is 21.7. The van der Waals surface area contributed by atoms with Gasteiger partial charge in [0.15, 0.2) is 10.6 Å². The lowest BCUT2D eigenvalue weighted by molar-refractivity contribution is 0.474. The zero-order chi connectivity index (χ0) is 21.4. The van der Waals surface area contributed by atoms with Crippen LogP contribution in [0.15, 0.2) is 72.8 Å². The zero-order valence-corrected chi connectivity index (χ0v) is 19.2. The van der Waals surface area contributed by atoms with Gasteiger partial charge >= 0.3 is 7.72 Å². The fourth-order valence-electron chi connectivity index (χ4n) is 3.71. The van der Waals surface area contributed by atoms with Crippen LogP contribution in [0.1, 0.15) is 52.7 Å². The molecular formula is C26H32O2P+. The average molecular weight is 408 g/mol. The number of rotatable bonds is 3. The maximum atomic E-state index is 11.6. The van der Waals surface area contributed by atoms with Crippen molar-refractivity contribution in [1.29, 1.82) is 0 Å². The van der Waals surface area contributed by atoms with Crippen molar-refractivity contribution in [3.05, 3.63) is 83.9 Å². The molecule has 3 aromatic carbocycles. The molecule has 0 radical (unpaired) electrons. The number of hydrogen-bond donors (Lipinski definition) is 2. The highest BCUT2D eigenvalue weighted by Crippen LogP contribution is 2.52. The lowest BCUT2D eigenvalue weighted by atomic mass is 9.80. The molecule has 0 bridgehead atoms. The van der Waals surface area contributed by atoms with Crippen LogP contribution in [-0.2, 0) is 10.8 Å². The van der Waals surface area contributed by atoms with Crippen molar-refractivity contribution in [3.8, 4) is 11.1 Å². The lowest BCUT2D eigenvalue weighted by Gasteiger charge is -2.30. The molecule has 0 atom stereocenters. The largest absolute Gasteiger partial charge is 0.333 e.